The Morgan fingerprint density at radius 1 is 0.903 bits per heavy atom. The maximum absolute atomic E-state index is 12.7. The van der Waals surface area contributed by atoms with Crippen LogP contribution in [0, 0.1) is 11.8 Å². The highest BCUT2D eigenvalue weighted by molar-refractivity contribution is 7.80. The Morgan fingerprint density at radius 3 is 1.84 bits per heavy atom. The molecule has 178 valence electrons. The van der Waals surface area contributed by atoms with E-state index < -0.39 is 60.2 Å². The second-order valence-electron chi connectivity index (χ2n) is 7.85. The maximum atomic E-state index is 12.7. The smallest absolute Gasteiger partial charge is 0.326 e. The quantitative estimate of drug-likeness (QED) is 0.166. The maximum Gasteiger partial charge on any atom is 0.326 e. The normalized spacial score (nSPS) is 15.8. The lowest BCUT2D eigenvalue weighted by molar-refractivity contribution is -0.144. The van der Waals surface area contributed by atoms with Gasteiger partial charge in [-0.1, -0.05) is 34.1 Å². The minimum atomic E-state index is -1.35. The molecule has 7 N–H and O–H groups in total. The van der Waals surface area contributed by atoms with E-state index in [9.17, 15) is 29.1 Å². The average Bonchev–Trinajstić information content (AvgIpc) is 2.67. The van der Waals surface area contributed by atoms with Crippen LogP contribution in [-0.4, -0.2) is 69.8 Å². The zero-order valence-corrected chi connectivity index (χ0v) is 19.1. The Hall–Kier alpha value is -2.34. The number of carbonyl (C=O) groups excluding carboxylic acids is 3. The number of nitrogens with two attached hydrogens (primary N) is 1. The van der Waals surface area contributed by atoms with Crippen molar-refractivity contribution in [1.82, 2.24) is 16.0 Å². The molecule has 0 aliphatic carbocycles. The van der Waals surface area contributed by atoms with Crippen LogP contribution in [0.15, 0.2) is 0 Å². The van der Waals surface area contributed by atoms with Gasteiger partial charge in [0.2, 0.25) is 17.7 Å². The summed E-state index contributed by atoms with van der Waals surface area (Å²) in [6.07, 6.45) is 0.149. The van der Waals surface area contributed by atoms with Gasteiger partial charge < -0.3 is 31.9 Å². The van der Waals surface area contributed by atoms with Crippen LogP contribution in [0.3, 0.4) is 0 Å². The monoisotopic (exact) mass is 462 g/mol. The number of hydrogen-bond acceptors (Lipinski definition) is 7. The van der Waals surface area contributed by atoms with Crippen LogP contribution in [0.5, 0.6) is 0 Å². The van der Waals surface area contributed by atoms with Crippen molar-refractivity contribution in [2.75, 3.05) is 5.75 Å². The molecule has 0 saturated heterocycles. The first-order valence-corrected chi connectivity index (χ1v) is 10.7. The molecule has 0 spiro atoms. The Labute approximate surface area is 187 Å². The van der Waals surface area contributed by atoms with Gasteiger partial charge in [-0.25, -0.2) is 4.79 Å². The minimum absolute atomic E-state index is 0.00374. The molecule has 0 saturated carbocycles. The molecule has 0 aliphatic rings. The van der Waals surface area contributed by atoms with Gasteiger partial charge >= 0.3 is 11.9 Å². The molecule has 0 rings (SSSR count). The Morgan fingerprint density at radius 2 is 1.42 bits per heavy atom. The fourth-order valence-corrected chi connectivity index (χ4v) is 2.92. The molecule has 0 aromatic carbocycles. The summed E-state index contributed by atoms with van der Waals surface area (Å²) in [6, 6.07) is -4.67. The molecule has 0 radical (unpaired) electrons. The molecule has 0 aromatic heterocycles. The van der Waals surface area contributed by atoms with Gasteiger partial charge in [0.05, 0.1) is 12.5 Å². The standard InChI is InChI=1S/C19H34N4O7S/c1-5-10(4)15(19(29)30)23-17(27)12(6-9(2)3)21-18(28)13(8-31)22-16(26)11(20)7-14(24)25/h9-13,15,31H,5-8,20H2,1-4H3,(H,21,28)(H,22,26)(H,23,27)(H,24,25)(H,29,30). The van der Waals surface area contributed by atoms with Gasteiger partial charge in [0.15, 0.2) is 0 Å². The van der Waals surface area contributed by atoms with E-state index in [4.69, 9.17) is 10.8 Å². The van der Waals surface area contributed by atoms with Crippen molar-refractivity contribution < 1.29 is 34.2 Å². The van der Waals surface area contributed by atoms with Crippen molar-refractivity contribution in [1.29, 1.82) is 0 Å². The van der Waals surface area contributed by atoms with Crippen LogP contribution in [0.25, 0.3) is 0 Å². The first-order valence-electron chi connectivity index (χ1n) is 10.1. The van der Waals surface area contributed by atoms with E-state index in [1.165, 1.54) is 0 Å². The van der Waals surface area contributed by atoms with Crippen LogP contribution in [0.1, 0.15) is 47.0 Å². The predicted molar refractivity (Wildman–Crippen MR) is 116 cm³/mol. The summed E-state index contributed by atoms with van der Waals surface area (Å²) < 4.78 is 0. The molecule has 31 heavy (non-hydrogen) atoms. The van der Waals surface area contributed by atoms with Gasteiger partial charge in [-0.05, 0) is 18.3 Å². The Bertz CT molecular complexity index is 659. The van der Waals surface area contributed by atoms with Crippen molar-refractivity contribution >= 4 is 42.3 Å². The van der Waals surface area contributed by atoms with Crippen molar-refractivity contribution in [2.24, 2.45) is 17.6 Å². The number of nitrogens with one attached hydrogen (secondary N) is 3. The molecule has 0 aliphatic heterocycles. The fourth-order valence-electron chi connectivity index (χ4n) is 2.67. The molecule has 0 fully saturated rings. The highest BCUT2D eigenvalue weighted by atomic mass is 32.1. The van der Waals surface area contributed by atoms with E-state index >= 15 is 0 Å². The van der Waals surface area contributed by atoms with Gasteiger partial charge in [0.25, 0.3) is 0 Å². The number of amides is 3. The van der Waals surface area contributed by atoms with E-state index in [0.717, 1.165) is 0 Å². The van der Waals surface area contributed by atoms with Gasteiger partial charge in [-0.3, -0.25) is 19.2 Å². The lowest BCUT2D eigenvalue weighted by Crippen LogP contribution is -2.58. The fraction of sp³-hybridized carbons (Fsp3) is 0.737. The van der Waals surface area contributed by atoms with Gasteiger partial charge in [0.1, 0.15) is 18.1 Å². The van der Waals surface area contributed by atoms with Gasteiger partial charge in [-0.2, -0.15) is 12.6 Å². The zero-order valence-electron chi connectivity index (χ0n) is 18.3. The Balaban J connectivity index is 5.32. The topological polar surface area (TPSA) is 188 Å². The average molecular weight is 463 g/mol. The summed E-state index contributed by atoms with van der Waals surface area (Å²) >= 11 is 4.02. The highest BCUT2D eigenvalue weighted by Crippen LogP contribution is 2.11. The summed E-state index contributed by atoms with van der Waals surface area (Å²) in [5.74, 6) is -5.11. The van der Waals surface area contributed by atoms with Crippen LogP contribution >= 0.6 is 12.6 Å². The number of hydrogen-bond donors (Lipinski definition) is 7. The van der Waals surface area contributed by atoms with Crippen molar-refractivity contribution in [3.63, 3.8) is 0 Å². The van der Waals surface area contributed by atoms with E-state index in [2.05, 4.69) is 28.6 Å². The van der Waals surface area contributed by atoms with Gasteiger partial charge in [-0.15, -0.1) is 0 Å². The number of rotatable bonds is 14. The lowest BCUT2D eigenvalue weighted by atomic mass is 9.97. The largest absolute Gasteiger partial charge is 0.481 e. The summed E-state index contributed by atoms with van der Waals surface area (Å²) in [5.41, 5.74) is 5.49. The first kappa shape index (κ1) is 28.7. The van der Waals surface area contributed by atoms with Crippen LogP contribution in [0.4, 0.5) is 0 Å². The molecule has 11 nitrogen and oxygen atoms in total. The number of aliphatic carboxylic acids is 2. The second kappa shape index (κ2) is 13.9. The molecule has 0 aromatic rings. The van der Waals surface area contributed by atoms with E-state index in [1.807, 2.05) is 13.8 Å². The molecular weight excluding hydrogens is 428 g/mol. The molecule has 0 bridgehead atoms. The van der Waals surface area contributed by atoms with Crippen molar-refractivity contribution in [2.45, 2.75) is 71.1 Å². The Kier molecular flexibility index (Phi) is 12.8. The van der Waals surface area contributed by atoms with E-state index in [1.54, 1.807) is 13.8 Å². The highest BCUT2D eigenvalue weighted by Gasteiger charge is 2.32. The van der Waals surface area contributed by atoms with Crippen LogP contribution in [-0.2, 0) is 24.0 Å². The molecule has 5 unspecified atom stereocenters. The third-order valence-corrected chi connectivity index (χ3v) is 5.03. The first-order chi connectivity index (χ1) is 14.3. The van der Waals surface area contributed by atoms with E-state index in [0.29, 0.717) is 6.42 Å². The molecule has 3 amide bonds. The van der Waals surface area contributed by atoms with E-state index in [-0.39, 0.29) is 24.0 Å². The third kappa shape index (κ3) is 10.5. The van der Waals surface area contributed by atoms with Gasteiger partial charge in [0, 0.05) is 5.75 Å². The molecular formula is C19H34N4O7S. The van der Waals surface area contributed by atoms with Crippen LogP contribution in [0.2, 0.25) is 0 Å². The lowest BCUT2D eigenvalue weighted by Gasteiger charge is -2.27. The summed E-state index contributed by atoms with van der Waals surface area (Å²) in [5, 5.41) is 25.4. The van der Waals surface area contributed by atoms with Crippen LogP contribution < -0.4 is 21.7 Å². The molecule has 5 atom stereocenters. The summed E-state index contributed by atoms with van der Waals surface area (Å²) in [4.78, 5) is 59.6. The number of carboxylic acid groups (broad SMARTS) is 2. The summed E-state index contributed by atoms with van der Waals surface area (Å²) in [6.45, 7) is 7.16. The minimum Gasteiger partial charge on any atom is -0.481 e. The zero-order chi connectivity index (χ0) is 24.3. The van der Waals surface area contributed by atoms with Crippen molar-refractivity contribution in [3.8, 4) is 0 Å². The number of carboxylic acids is 2. The molecule has 0 heterocycles. The predicted octanol–water partition coefficient (Wildman–Crippen LogP) is -0.651. The second-order valence-corrected chi connectivity index (χ2v) is 8.21. The number of carbonyl (C=O) groups is 5. The third-order valence-electron chi connectivity index (χ3n) is 4.66. The summed E-state index contributed by atoms with van der Waals surface area (Å²) in [7, 11) is 0. The SMILES string of the molecule is CCC(C)C(NC(=O)C(CC(C)C)NC(=O)C(CS)NC(=O)C(N)CC(=O)O)C(=O)O. The molecule has 12 heteroatoms. The van der Waals surface area contributed by atoms with Crippen molar-refractivity contribution in [3.05, 3.63) is 0 Å². The number of thiol groups is 1.